The second-order valence-corrected chi connectivity index (χ2v) is 13.6. The summed E-state index contributed by atoms with van der Waals surface area (Å²) in [5, 5.41) is 1.79. The molecule has 1 unspecified atom stereocenters. The lowest BCUT2D eigenvalue weighted by Crippen LogP contribution is -2.41. The Bertz CT molecular complexity index is 1550. The molecule has 2 aromatic carbocycles. The maximum Gasteiger partial charge on any atom is 0.227 e. The number of para-hydroxylation sites is 1. The van der Waals surface area contributed by atoms with Gasteiger partial charge in [0.05, 0.1) is 31.3 Å². The number of hydrogen-bond donors (Lipinski definition) is 0. The summed E-state index contributed by atoms with van der Waals surface area (Å²) in [7, 11) is 3.72. The lowest BCUT2D eigenvalue weighted by Gasteiger charge is -2.27. The molecule has 2 aliphatic heterocycles. The highest BCUT2D eigenvalue weighted by Gasteiger charge is 2.42. The molecular weight excluding hydrogens is 621 g/mol. The van der Waals surface area contributed by atoms with Crippen molar-refractivity contribution in [2.75, 3.05) is 33.4 Å². The van der Waals surface area contributed by atoms with Crippen LogP contribution in [0.1, 0.15) is 67.9 Å². The lowest BCUT2D eigenvalue weighted by atomic mass is 10.0. The van der Waals surface area contributed by atoms with Gasteiger partial charge in [0.15, 0.2) is 5.78 Å². The first-order valence-corrected chi connectivity index (χ1v) is 17.3. The highest BCUT2D eigenvalue weighted by atomic mass is 35.5. The third kappa shape index (κ3) is 7.55. The van der Waals surface area contributed by atoms with Gasteiger partial charge in [-0.15, -0.1) is 0 Å². The summed E-state index contributed by atoms with van der Waals surface area (Å²) in [4.78, 5) is 31.5. The van der Waals surface area contributed by atoms with Crippen LogP contribution in [0.25, 0.3) is 17.0 Å². The van der Waals surface area contributed by atoms with E-state index < -0.39 is 0 Å². The van der Waals surface area contributed by atoms with E-state index in [0.717, 1.165) is 49.7 Å². The summed E-state index contributed by atoms with van der Waals surface area (Å²) in [5.74, 6) is 0.404. The number of carbonyl (C=O) groups is 2. The Kier molecular flexibility index (Phi) is 11.7. The standard InChI is InChI=1S/C37H47Cl2N3O4/c1-6-24-19-41(22-36(24)45-5)27-18-28(23-46-29(7-2)8-3)42(20-27)37(44)17-26-16-32(38)25(15-33(26)39)13-14-35(43)31-21-40(4)34-12-10-9-11-30(31)34/h9-16,21,24,27-29,36H,6-8,17-20,22-23H2,1-5H3/b14-13+/t24-,27?,28+,36-/m1/s1. The fourth-order valence-corrected chi connectivity index (χ4v) is 7.63. The average molecular weight is 669 g/mol. The number of fused-ring (bicyclic) bond motifs is 1. The summed E-state index contributed by atoms with van der Waals surface area (Å²) in [5.41, 5.74) is 2.92. The summed E-state index contributed by atoms with van der Waals surface area (Å²) < 4.78 is 14.0. The van der Waals surface area contributed by atoms with Crippen LogP contribution >= 0.6 is 23.2 Å². The van der Waals surface area contributed by atoms with Crippen molar-refractivity contribution >= 4 is 51.9 Å². The zero-order valence-electron chi connectivity index (χ0n) is 27.7. The van der Waals surface area contributed by atoms with Crippen molar-refractivity contribution in [1.82, 2.24) is 14.4 Å². The highest BCUT2D eigenvalue weighted by molar-refractivity contribution is 6.35. The van der Waals surface area contributed by atoms with Gasteiger partial charge in [-0.05, 0) is 73.1 Å². The minimum atomic E-state index is -0.117. The third-order valence-electron chi connectivity index (χ3n) is 9.98. The van der Waals surface area contributed by atoms with Crippen LogP contribution in [0.15, 0.2) is 48.7 Å². The molecule has 3 heterocycles. The molecule has 2 aliphatic rings. The van der Waals surface area contributed by atoms with Crippen LogP contribution in [-0.4, -0.2) is 83.7 Å². The van der Waals surface area contributed by atoms with E-state index in [2.05, 4.69) is 25.7 Å². The number of likely N-dealkylation sites (tertiary alicyclic amines) is 2. The van der Waals surface area contributed by atoms with Gasteiger partial charge in [0.1, 0.15) is 0 Å². The van der Waals surface area contributed by atoms with Gasteiger partial charge >= 0.3 is 0 Å². The third-order valence-corrected chi connectivity index (χ3v) is 10.7. The Morgan fingerprint density at radius 2 is 1.80 bits per heavy atom. The molecule has 2 saturated heterocycles. The van der Waals surface area contributed by atoms with Crippen molar-refractivity contribution in [3.05, 3.63) is 75.4 Å². The molecule has 0 bridgehead atoms. The molecule has 9 heteroatoms. The van der Waals surface area contributed by atoms with Crippen molar-refractivity contribution < 1.29 is 19.1 Å². The number of aryl methyl sites for hydroxylation is 1. The Morgan fingerprint density at radius 1 is 1.04 bits per heavy atom. The highest BCUT2D eigenvalue weighted by Crippen LogP contribution is 2.32. The molecule has 5 rings (SSSR count). The van der Waals surface area contributed by atoms with Gasteiger partial charge in [0.2, 0.25) is 5.91 Å². The van der Waals surface area contributed by atoms with Gasteiger partial charge in [-0.3, -0.25) is 14.5 Å². The summed E-state index contributed by atoms with van der Waals surface area (Å²) >= 11 is 13.4. The monoisotopic (exact) mass is 667 g/mol. The zero-order valence-corrected chi connectivity index (χ0v) is 29.2. The second-order valence-electron chi connectivity index (χ2n) is 12.8. The molecule has 0 aliphatic carbocycles. The summed E-state index contributed by atoms with van der Waals surface area (Å²) in [6.07, 6.45) is 9.46. The molecule has 248 valence electrons. The number of carbonyl (C=O) groups excluding carboxylic acids is 2. The number of allylic oxidation sites excluding steroid dienone is 1. The molecule has 0 N–H and O–H groups in total. The first-order valence-electron chi connectivity index (χ1n) is 16.6. The number of aromatic nitrogens is 1. The van der Waals surface area contributed by atoms with E-state index in [-0.39, 0.29) is 42.4 Å². The van der Waals surface area contributed by atoms with E-state index in [0.29, 0.717) is 45.8 Å². The molecule has 0 saturated carbocycles. The molecule has 3 aromatic rings. The van der Waals surface area contributed by atoms with Crippen LogP contribution in [0.3, 0.4) is 0 Å². The van der Waals surface area contributed by atoms with Crippen LogP contribution in [0.5, 0.6) is 0 Å². The summed E-state index contributed by atoms with van der Waals surface area (Å²) in [6, 6.07) is 11.6. The van der Waals surface area contributed by atoms with Crippen LogP contribution < -0.4 is 0 Å². The smallest absolute Gasteiger partial charge is 0.227 e. The first kappa shape index (κ1) is 34.6. The fourth-order valence-electron chi connectivity index (χ4n) is 7.15. The van der Waals surface area contributed by atoms with Crippen molar-refractivity contribution in [1.29, 1.82) is 0 Å². The van der Waals surface area contributed by atoms with E-state index in [1.165, 1.54) is 6.08 Å². The normalized spacial score (nSPS) is 22.2. The number of nitrogens with zero attached hydrogens (tertiary/aromatic N) is 3. The molecule has 1 amide bonds. The van der Waals surface area contributed by atoms with Crippen molar-refractivity contribution in [2.45, 2.75) is 77.2 Å². The zero-order chi connectivity index (χ0) is 33.0. The number of ketones is 1. The number of rotatable bonds is 13. The SMILES string of the molecule is CCC(CC)OC[C@@H]1CC(N2C[C@@H](CC)[C@H](OC)C2)CN1C(=O)Cc1cc(Cl)c(/C=C/C(=O)c2cn(C)c3ccccc23)cc1Cl. The van der Waals surface area contributed by atoms with Gasteiger partial charge in [0, 0.05) is 72.5 Å². The second kappa shape index (κ2) is 15.5. The van der Waals surface area contributed by atoms with E-state index >= 15 is 0 Å². The number of amides is 1. The average Bonchev–Trinajstić information content (AvgIpc) is 3.77. The number of methoxy groups -OCH3 is 1. The van der Waals surface area contributed by atoms with Gasteiger partial charge in [-0.1, -0.05) is 62.2 Å². The Hall–Kier alpha value is -2.68. The predicted molar refractivity (Wildman–Crippen MR) is 187 cm³/mol. The minimum Gasteiger partial charge on any atom is -0.380 e. The van der Waals surface area contributed by atoms with Crippen LogP contribution in [0.2, 0.25) is 10.0 Å². The number of ether oxygens (including phenoxy) is 2. The Morgan fingerprint density at radius 3 is 2.50 bits per heavy atom. The van der Waals surface area contributed by atoms with E-state index in [4.69, 9.17) is 32.7 Å². The quantitative estimate of drug-likeness (QED) is 0.140. The van der Waals surface area contributed by atoms with Gasteiger partial charge in [0.25, 0.3) is 0 Å². The maximum atomic E-state index is 13.9. The number of halogens is 2. The Labute approximate surface area is 283 Å². The molecule has 46 heavy (non-hydrogen) atoms. The molecular formula is C37H47Cl2N3O4. The fraction of sp³-hybridized carbons (Fsp3) is 0.514. The summed E-state index contributed by atoms with van der Waals surface area (Å²) in [6.45, 7) is 9.55. The number of hydrogen-bond acceptors (Lipinski definition) is 5. The maximum absolute atomic E-state index is 13.9. The molecule has 4 atom stereocenters. The molecule has 1 aromatic heterocycles. The van der Waals surface area contributed by atoms with Gasteiger partial charge in [-0.2, -0.15) is 0 Å². The molecule has 0 spiro atoms. The van der Waals surface area contributed by atoms with Gasteiger partial charge in [-0.25, -0.2) is 0 Å². The molecule has 7 nitrogen and oxygen atoms in total. The van der Waals surface area contributed by atoms with Crippen molar-refractivity contribution in [3.63, 3.8) is 0 Å². The van der Waals surface area contributed by atoms with E-state index in [1.54, 1.807) is 25.3 Å². The molecule has 0 radical (unpaired) electrons. The number of benzene rings is 2. The predicted octanol–water partition coefficient (Wildman–Crippen LogP) is 7.46. The minimum absolute atomic E-state index is 0.00342. The van der Waals surface area contributed by atoms with E-state index in [9.17, 15) is 9.59 Å². The molecule has 2 fully saturated rings. The van der Waals surface area contributed by atoms with Crippen molar-refractivity contribution in [2.24, 2.45) is 13.0 Å². The Balaban J connectivity index is 1.29. The largest absolute Gasteiger partial charge is 0.380 e. The topological polar surface area (TPSA) is 64.0 Å². The van der Waals surface area contributed by atoms with Crippen LogP contribution in [-0.2, 0) is 27.7 Å². The van der Waals surface area contributed by atoms with Crippen molar-refractivity contribution in [3.8, 4) is 0 Å². The van der Waals surface area contributed by atoms with Crippen LogP contribution in [0, 0.1) is 5.92 Å². The lowest BCUT2D eigenvalue weighted by molar-refractivity contribution is -0.133. The van der Waals surface area contributed by atoms with E-state index in [1.807, 2.05) is 47.0 Å². The van der Waals surface area contributed by atoms with Gasteiger partial charge < -0.3 is 18.9 Å². The van der Waals surface area contributed by atoms with Crippen LogP contribution in [0.4, 0.5) is 0 Å². The first-order chi connectivity index (χ1) is 22.2.